The Morgan fingerprint density at radius 2 is 2.07 bits per heavy atom. The fourth-order valence-corrected chi connectivity index (χ4v) is 2.14. The summed E-state index contributed by atoms with van der Waals surface area (Å²) in [5, 5.41) is 0.595. The van der Waals surface area contributed by atoms with Crippen LogP contribution in [0.25, 0.3) is 0 Å². The van der Waals surface area contributed by atoms with Gasteiger partial charge in [-0.1, -0.05) is 41.4 Å². The highest BCUT2D eigenvalue weighted by Gasteiger charge is 2.08. The van der Waals surface area contributed by atoms with Gasteiger partial charge in [-0.2, -0.15) is 0 Å². The van der Waals surface area contributed by atoms with Crippen LogP contribution in [-0.4, -0.2) is 5.78 Å². The van der Waals surface area contributed by atoms with Crippen molar-refractivity contribution in [2.45, 2.75) is 26.7 Å². The second kappa shape index (κ2) is 5.66. The first kappa shape index (κ1) is 12.7. The van der Waals surface area contributed by atoms with Crippen LogP contribution in [0.15, 0.2) is 22.7 Å². The summed E-state index contributed by atoms with van der Waals surface area (Å²) in [4.78, 5) is 11.8. The van der Waals surface area contributed by atoms with Crippen molar-refractivity contribution < 1.29 is 4.79 Å². The molecule has 1 aromatic rings. The number of Topliss-reactive ketones (excluding diaryl/α,β-unsaturated/α-hetero) is 1. The number of carbonyl (C=O) groups excluding carboxylic acids is 1. The molecule has 0 saturated heterocycles. The predicted molar refractivity (Wildman–Crippen MR) is 67.6 cm³/mol. The molecule has 1 rings (SSSR count). The number of carbonyl (C=O) groups is 1. The summed E-state index contributed by atoms with van der Waals surface area (Å²) in [7, 11) is 0. The number of ketones is 1. The number of rotatable bonds is 4. The van der Waals surface area contributed by atoms with E-state index in [9.17, 15) is 4.79 Å². The van der Waals surface area contributed by atoms with Gasteiger partial charge in [0, 0.05) is 21.5 Å². The van der Waals surface area contributed by atoms with Gasteiger partial charge in [0.15, 0.2) is 5.78 Å². The van der Waals surface area contributed by atoms with E-state index in [0.717, 1.165) is 10.9 Å². The summed E-state index contributed by atoms with van der Waals surface area (Å²) in [6.45, 7) is 4.22. The lowest BCUT2D eigenvalue weighted by Crippen LogP contribution is -2.01. The standard InChI is InChI=1S/C12H14BrClO/c1-8(2)3-4-12(15)9-5-10(13)7-11(14)6-9/h5-8H,3-4H2,1-2H3. The highest BCUT2D eigenvalue weighted by Crippen LogP contribution is 2.21. The zero-order valence-electron chi connectivity index (χ0n) is 8.89. The van der Waals surface area contributed by atoms with Crippen LogP contribution in [-0.2, 0) is 0 Å². The largest absolute Gasteiger partial charge is 0.294 e. The summed E-state index contributed by atoms with van der Waals surface area (Å²) >= 11 is 9.20. The van der Waals surface area contributed by atoms with Gasteiger partial charge in [0.05, 0.1) is 0 Å². The average molecular weight is 290 g/mol. The zero-order valence-corrected chi connectivity index (χ0v) is 11.2. The lowest BCUT2D eigenvalue weighted by atomic mass is 10.0. The SMILES string of the molecule is CC(C)CCC(=O)c1cc(Cl)cc(Br)c1. The van der Waals surface area contributed by atoms with Crippen LogP contribution in [0.5, 0.6) is 0 Å². The summed E-state index contributed by atoms with van der Waals surface area (Å²) in [5.41, 5.74) is 0.690. The van der Waals surface area contributed by atoms with Crippen LogP contribution in [0.4, 0.5) is 0 Å². The maximum Gasteiger partial charge on any atom is 0.162 e. The van der Waals surface area contributed by atoms with E-state index in [0.29, 0.717) is 22.9 Å². The normalized spacial score (nSPS) is 10.7. The fourth-order valence-electron chi connectivity index (χ4n) is 1.28. The molecule has 0 radical (unpaired) electrons. The Hall–Kier alpha value is -0.340. The van der Waals surface area contributed by atoms with Crippen LogP contribution in [0.2, 0.25) is 5.02 Å². The topological polar surface area (TPSA) is 17.1 Å². The van der Waals surface area contributed by atoms with Gasteiger partial charge in [-0.15, -0.1) is 0 Å². The van der Waals surface area contributed by atoms with Crippen LogP contribution in [0.1, 0.15) is 37.0 Å². The molecule has 0 unspecified atom stereocenters. The molecule has 0 aliphatic heterocycles. The second-order valence-electron chi connectivity index (χ2n) is 4.01. The number of hydrogen-bond donors (Lipinski definition) is 0. The second-order valence-corrected chi connectivity index (χ2v) is 5.37. The molecule has 0 spiro atoms. The van der Waals surface area contributed by atoms with Gasteiger partial charge in [-0.3, -0.25) is 4.79 Å². The quantitative estimate of drug-likeness (QED) is 0.733. The monoisotopic (exact) mass is 288 g/mol. The molecular formula is C12H14BrClO. The van der Waals surface area contributed by atoms with Gasteiger partial charge in [-0.05, 0) is 30.5 Å². The molecule has 0 saturated carbocycles. The van der Waals surface area contributed by atoms with Crippen molar-refractivity contribution in [3.8, 4) is 0 Å². The van der Waals surface area contributed by atoms with Gasteiger partial charge in [0.25, 0.3) is 0 Å². The van der Waals surface area contributed by atoms with Crippen molar-refractivity contribution in [2.75, 3.05) is 0 Å². The summed E-state index contributed by atoms with van der Waals surface area (Å²) in [5.74, 6) is 0.712. The molecule has 0 fully saturated rings. The highest BCUT2D eigenvalue weighted by molar-refractivity contribution is 9.10. The van der Waals surface area contributed by atoms with Crippen molar-refractivity contribution in [2.24, 2.45) is 5.92 Å². The van der Waals surface area contributed by atoms with Crippen molar-refractivity contribution >= 4 is 33.3 Å². The molecule has 0 aromatic heterocycles. The van der Waals surface area contributed by atoms with Crippen LogP contribution in [0.3, 0.4) is 0 Å². The molecule has 0 aliphatic carbocycles. The number of benzene rings is 1. The fraction of sp³-hybridized carbons (Fsp3) is 0.417. The van der Waals surface area contributed by atoms with E-state index in [1.807, 2.05) is 6.07 Å². The molecule has 3 heteroatoms. The van der Waals surface area contributed by atoms with Gasteiger partial charge in [-0.25, -0.2) is 0 Å². The van der Waals surface area contributed by atoms with Crippen molar-refractivity contribution in [3.63, 3.8) is 0 Å². The first-order chi connectivity index (χ1) is 6.99. The molecular weight excluding hydrogens is 275 g/mol. The molecule has 0 atom stereocenters. The van der Waals surface area contributed by atoms with E-state index in [2.05, 4.69) is 29.8 Å². The van der Waals surface area contributed by atoms with Gasteiger partial charge in [0.1, 0.15) is 0 Å². The summed E-state index contributed by atoms with van der Waals surface area (Å²) < 4.78 is 0.850. The highest BCUT2D eigenvalue weighted by atomic mass is 79.9. The molecule has 1 nitrogen and oxygen atoms in total. The van der Waals surface area contributed by atoms with E-state index in [-0.39, 0.29) is 5.78 Å². The minimum Gasteiger partial charge on any atom is -0.294 e. The lowest BCUT2D eigenvalue weighted by Gasteiger charge is -2.05. The van der Waals surface area contributed by atoms with Crippen LogP contribution in [0, 0.1) is 5.92 Å². The van der Waals surface area contributed by atoms with Gasteiger partial charge in [0.2, 0.25) is 0 Å². The van der Waals surface area contributed by atoms with E-state index in [1.165, 1.54) is 0 Å². The van der Waals surface area contributed by atoms with Crippen LogP contribution < -0.4 is 0 Å². The Balaban J connectivity index is 2.73. The average Bonchev–Trinajstić information content (AvgIpc) is 2.12. The zero-order chi connectivity index (χ0) is 11.4. The minimum atomic E-state index is 0.159. The summed E-state index contributed by atoms with van der Waals surface area (Å²) in [6.07, 6.45) is 1.51. The maximum atomic E-state index is 11.8. The minimum absolute atomic E-state index is 0.159. The predicted octanol–water partition coefficient (Wildman–Crippen LogP) is 4.72. The molecule has 1 aromatic carbocycles. The summed E-state index contributed by atoms with van der Waals surface area (Å²) in [6, 6.07) is 5.31. The Morgan fingerprint density at radius 3 is 2.60 bits per heavy atom. The van der Waals surface area contributed by atoms with E-state index in [1.54, 1.807) is 12.1 Å². The molecule has 0 amide bonds. The maximum absolute atomic E-state index is 11.8. The molecule has 0 heterocycles. The Kier molecular flexibility index (Phi) is 4.81. The van der Waals surface area contributed by atoms with Gasteiger partial charge < -0.3 is 0 Å². The third-order valence-corrected chi connectivity index (χ3v) is 2.81. The molecule has 15 heavy (non-hydrogen) atoms. The molecule has 0 bridgehead atoms. The molecule has 82 valence electrons. The Morgan fingerprint density at radius 1 is 1.40 bits per heavy atom. The van der Waals surface area contributed by atoms with Crippen LogP contribution >= 0.6 is 27.5 Å². The molecule has 0 aliphatic rings. The van der Waals surface area contributed by atoms with E-state index >= 15 is 0 Å². The smallest absolute Gasteiger partial charge is 0.162 e. The molecule has 0 N–H and O–H groups in total. The number of hydrogen-bond acceptors (Lipinski definition) is 1. The van der Waals surface area contributed by atoms with Crippen molar-refractivity contribution in [3.05, 3.63) is 33.3 Å². The third kappa shape index (κ3) is 4.35. The van der Waals surface area contributed by atoms with E-state index < -0.39 is 0 Å². The Bertz CT molecular complexity index is 340. The van der Waals surface area contributed by atoms with Crippen molar-refractivity contribution in [1.29, 1.82) is 0 Å². The Labute approximate surface area is 104 Å². The first-order valence-corrected chi connectivity index (χ1v) is 6.15. The van der Waals surface area contributed by atoms with E-state index in [4.69, 9.17) is 11.6 Å². The lowest BCUT2D eigenvalue weighted by molar-refractivity contribution is 0.0975. The first-order valence-electron chi connectivity index (χ1n) is 4.98. The van der Waals surface area contributed by atoms with Gasteiger partial charge >= 0.3 is 0 Å². The number of halogens is 2. The third-order valence-electron chi connectivity index (χ3n) is 2.13. The van der Waals surface area contributed by atoms with Crippen molar-refractivity contribution in [1.82, 2.24) is 0 Å².